The summed E-state index contributed by atoms with van der Waals surface area (Å²) in [5.41, 5.74) is -0.851. The molecule has 2 rings (SSSR count). The van der Waals surface area contributed by atoms with Gasteiger partial charge in [0.15, 0.2) is 0 Å². The summed E-state index contributed by atoms with van der Waals surface area (Å²) in [5.74, 6) is 0. The summed E-state index contributed by atoms with van der Waals surface area (Å²) in [5, 5.41) is 0. The number of hydrogen-bond donors (Lipinski definition) is 1. The Morgan fingerprint density at radius 1 is 0.952 bits per heavy atom. The largest absolute Gasteiger partial charge is 0.416 e. The molecule has 0 spiro atoms. The third-order valence-corrected chi connectivity index (χ3v) is 5.21. The van der Waals surface area contributed by atoms with Gasteiger partial charge in [-0.2, -0.15) is 13.2 Å². The van der Waals surface area contributed by atoms with Crippen LogP contribution in [-0.4, -0.2) is 14.5 Å². The minimum absolute atomic E-state index is 0.125. The first-order valence-corrected chi connectivity index (χ1v) is 8.47. The van der Waals surface area contributed by atoms with Gasteiger partial charge in [0.25, 0.3) is 0 Å². The van der Waals surface area contributed by atoms with Crippen molar-refractivity contribution in [2.75, 3.05) is 0 Å². The molecular weight excluding hydrogens is 303 g/mol. The van der Waals surface area contributed by atoms with Gasteiger partial charge in [0.2, 0.25) is 10.0 Å². The van der Waals surface area contributed by atoms with Gasteiger partial charge in [-0.1, -0.05) is 25.7 Å². The van der Waals surface area contributed by atoms with Crippen LogP contribution < -0.4 is 4.72 Å². The van der Waals surface area contributed by atoms with Gasteiger partial charge >= 0.3 is 6.18 Å². The Hall–Kier alpha value is -1.08. The van der Waals surface area contributed by atoms with Crippen molar-refractivity contribution in [1.82, 2.24) is 4.72 Å². The van der Waals surface area contributed by atoms with E-state index in [1.165, 1.54) is 0 Å². The van der Waals surface area contributed by atoms with Crippen LogP contribution in [0.4, 0.5) is 13.2 Å². The third kappa shape index (κ3) is 4.44. The summed E-state index contributed by atoms with van der Waals surface area (Å²) >= 11 is 0. The van der Waals surface area contributed by atoms with Gasteiger partial charge < -0.3 is 0 Å². The van der Waals surface area contributed by atoms with E-state index in [9.17, 15) is 21.6 Å². The highest BCUT2D eigenvalue weighted by atomic mass is 32.2. The first-order valence-electron chi connectivity index (χ1n) is 6.99. The molecule has 1 aromatic carbocycles. The van der Waals surface area contributed by atoms with Crippen LogP contribution in [0.3, 0.4) is 0 Å². The molecule has 1 aromatic rings. The van der Waals surface area contributed by atoms with E-state index in [1.807, 2.05) is 0 Å². The predicted octanol–water partition coefficient (Wildman–Crippen LogP) is 3.71. The van der Waals surface area contributed by atoms with Crippen LogP contribution in [0.1, 0.15) is 44.1 Å². The van der Waals surface area contributed by atoms with Crippen LogP contribution in [0, 0.1) is 0 Å². The lowest BCUT2D eigenvalue weighted by molar-refractivity contribution is -0.137. The Morgan fingerprint density at radius 2 is 1.48 bits per heavy atom. The molecule has 21 heavy (non-hydrogen) atoms. The Kier molecular flexibility index (Phi) is 4.93. The number of alkyl halides is 3. The number of sulfonamides is 1. The number of hydrogen-bond acceptors (Lipinski definition) is 2. The van der Waals surface area contributed by atoms with Gasteiger partial charge in [-0.05, 0) is 37.1 Å². The van der Waals surface area contributed by atoms with Crippen LogP contribution in [0.15, 0.2) is 29.2 Å². The molecule has 0 bridgehead atoms. The van der Waals surface area contributed by atoms with Crippen molar-refractivity contribution < 1.29 is 21.6 Å². The molecule has 3 nitrogen and oxygen atoms in total. The molecule has 1 N–H and O–H groups in total. The zero-order valence-corrected chi connectivity index (χ0v) is 12.3. The first kappa shape index (κ1) is 16.3. The van der Waals surface area contributed by atoms with Gasteiger partial charge in [0.1, 0.15) is 0 Å². The van der Waals surface area contributed by atoms with Crippen LogP contribution in [0.2, 0.25) is 0 Å². The Bertz CT molecular complexity index is 559. The molecule has 1 aliphatic carbocycles. The molecule has 1 aliphatic rings. The monoisotopic (exact) mass is 321 g/mol. The summed E-state index contributed by atoms with van der Waals surface area (Å²) < 4.78 is 64.4. The van der Waals surface area contributed by atoms with E-state index in [0.717, 1.165) is 62.8 Å². The fourth-order valence-electron chi connectivity index (χ4n) is 2.51. The molecule has 0 saturated heterocycles. The van der Waals surface area contributed by atoms with Crippen molar-refractivity contribution in [3.8, 4) is 0 Å². The SMILES string of the molecule is O=S(=O)(NC1CCCCCC1)c1ccc(C(F)(F)F)cc1. The van der Waals surface area contributed by atoms with Gasteiger partial charge in [-0.15, -0.1) is 0 Å². The lowest BCUT2D eigenvalue weighted by Crippen LogP contribution is -2.34. The molecule has 118 valence electrons. The summed E-state index contributed by atoms with van der Waals surface area (Å²) in [6.07, 6.45) is 1.23. The predicted molar refractivity (Wildman–Crippen MR) is 73.3 cm³/mol. The average molecular weight is 321 g/mol. The summed E-state index contributed by atoms with van der Waals surface area (Å²) in [6.45, 7) is 0. The second kappa shape index (κ2) is 6.36. The second-order valence-corrected chi connectivity index (χ2v) is 7.05. The number of benzene rings is 1. The van der Waals surface area contributed by atoms with Crippen molar-refractivity contribution in [2.24, 2.45) is 0 Å². The normalized spacial score (nSPS) is 18.4. The molecule has 0 unspecified atom stereocenters. The van der Waals surface area contributed by atoms with E-state index in [2.05, 4.69) is 4.72 Å². The highest BCUT2D eigenvalue weighted by Crippen LogP contribution is 2.29. The Morgan fingerprint density at radius 3 is 1.95 bits per heavy atom. The van der Waals surface area contributed by atoms with E-state index in [1.54, 1.807) is 0 Å². The van der Waals surface area contributed by atoms with Crippen LogP contribution in [0.5, 0.6) is 0 Å². The molecule has 0 amide bonds. The Labute approximate surface area is 122 Å². The zero-order chi connectivity index (χ0) is 15.5. The van der Waals surface area contributed by atoms with Gasteiger partial charge in [-0.3, -0.25) is 0 Å². The minimum atomic E-state index is -4.46. The summed E-state index contributed by atoms with van der Waals surface area (Å²) in [7, 11) is -3.76. The Balaban J connectivity index is 2.11. The van der Waals surface area contributed by atoms with Crippen molar-refractivity contribution in [3.63, 3.8) is 0 Å². The summed E-state index contributed by atoms with van der Waals surface area (Å²) in [6, 6.07) is 3.47. The second-order valence-electron chi connectivity index (χ2n) is 5.33. The van der Waals surface area contributed by atoms with Gasteiger partial charge in [0.05, 0.1) is 10.5 Å². The number of halogens is 3. The maximum absolute atomic E-state index is 12.5. The lowest BCUT2D eigenvalue weighted by Gasteiger charge is -2.16. The van der Waals surface area contributed by atoms with Crippen LogP contribution in [-0.2, 0) is 16.2 Å². The zero-order valence-electron chi connectivity index (χ0n) is 11.5. The van der Waals surface area contributed by atoms with E-state index < -0.39 is 21.8 Å². The molecule has 0 atom stereocenters. The summed E-state index contributed by atoms with van der Waals surface area (Å²) in [4.78, 5) is -0.125. The number of rotatable bonds is 3. The number of nitrogens with one attached hydrogen (secondary N) is 1. The van der Waals surface area contributed by atoms with E-state index >= 15 is 0 Å². The van der Waals surface area contributed by atoms with E-state index in [-0.39, 0.29) is 10.9 Å². The molecule has 0 heterocycles. The van der Waals surface area contributed by atoms with E-state index in [4.69, 9.17) is 0 Å². The highest BCUT2D eigenvalue weighted by Gasteiger charge is 2.31. The van der Waals surface area contributed by atoms with Gasteiger partial charge in [0, 0.05) is 6.04 Å². The van der Waals surface area contributed by atoms with Gasteiger partial charge in [-0.25, -0.2) is 13.1 Å². The van der Waals surface area contributed by atoms with Crippen molar-refractivity contribution in [1.29, 1.82) is 0 Å². The topological polar surface area (TPSA) is 46.2 Å². The lowest BCUT2D eigenvalue weighted by atomic mass is 10.1. The molecule has 0 radical (unpaired) electrons. The highest BCUT2D eigenvalue weighted by molar-refractivity contribution is 7.89. The minimum Gasteiger partial charge on any atom is -0.208 e. The van der Waals surface area contributed by atoms with Crippen LogP contribution >= 0.6 is 0 Å². The fourth-order valence-corrected chi connectivity index (χ4v) is 3.81. The average Bonchev–Trinajstić information content (AvgIpc) is 2.66. The molecule has 1 fully saturated rings. The molecular formula is C14H18F3NO2S. The van der Waals surface area contributed by atoms with Crippen molar-refractivity contribution in [3.05, 3.63) is 29.8 Å². The van der Waals surface area contributed by atoms with E-state index in [0.29, 0.717) is 0 Å². The molecule has 1 saturated carbocycles. The third-order valence-electron chi connectivity index (χ3n) is 3.67. The molecule has 7 heteroatoms. The smallest absolute Gasteiger partial charge is 0.208 e. The quantitative estimate of drug-likeness (QED) is 0.863. The fraction of sp³-hybridized carbons (Fsp3) is 0.571. The maximum atomic E-state index is 12.5. The molecule has 0 aromatic heterocycles. The van der Waals surface area contributed by atoms with Crippen LogP contribution in [0.25, 0.3) is 0 Å². The first-order chi connectivity index (χ1) is 9.79. The molecule has 0 aliphatic heterocycles. The standard InChI is InChI=1S/C14H18F3NO2S/c15-14(16,17)11-7-9-13(10-8-11)21(19,20)18-12-5-3-1-2-4-6-12/h7-10,12,18H,1-6H2. The van der Waals surface area contributed by atoms with Crippen molar-refractivity contribution in [2.45, 2.75) is 55.6 Å². The van der Waals surface area contributed by atoms with Crippen molar-refractivity contribution >= 4 is 10.0 Å². The maximum Gasteiger partial charge on any atom is 0.416 e.